The van der Waals surface area contributed by atoms with Crippen molar-refractivity contribution in [1.29, 1.82) is 0 Å². The Balaban J connectivity index is 1.65. The lowest BCUT2D eigenvalue weighted by Crippen LogP contribution is -2.88. The van der Waals surface area contributed by atoms with Gasteiger partial charge in [-0.25, -0.2) is 27.7 Å². The Hall–Kier alpha value is -2.13. The van der Waals surface area contributed by atoms with Gasteiger partial charge >= 0.3 is 31.6 Å². The maximum atomic E-state index is 12.2. The summed E-state index contributed by atoms with van der Waals surface area (Å²) in [6.45, 7) is -0.326. The highest BCUT2D eigenvalue weighted by Gasteiger charge is 2.94. The summed E-state index contributed by atoms with van der Waals surface area (Å²) in [5.41, 5.74) is -3.03. The molecule has 0 aliphatic carbocycles. The van der Waals surface area contributed by atoms with Crippen LogP contribution in [0.15, 0.2) is 30.3 Å². The molecule has 4 rings (SSSR count). The summed E-state index contributed by atoms with van der Waals surface area (Å²) in [4.78, 5) is 23.7. The van der Waals surface area contributed by atoms with Gasteiger partial charge in [-0.3, -0.25) is 5.32 Å². The number of ether oxygens (including phenoxy) is 2. The lowest BCUT2D eigenvalue weighted by molar-refractivity contribution is -0.541. The number of carbonyl (C=O) groups is 2. The van der Waals surface area contributed by atoms with Crippen molar-refractivity contribution in [1.82, 2.24) is 5.32 Å². The Bertz CT molecular complexity index is 927. The molecule has 3 aliphatic heterocycles. The zero-order valence-corrected chi connectivity index (χ0v) is 15.0. The van der Waals surface area contributed by atoms with Crippen LogP contribution < -0.4 is 5.32 Å². The lowest BCUT2D eigenvalue weighted by Gasteiger charge is -2.55. The highest BCUT2D eigenvalue weighted by Crippen LogP contribution is 2.77. The molecule has 3 heterocycles. The monoisotopic (exact) mass is 435 g/mol. The predicted octanol–water partition coefficient (Wildman–Crippen LogP) is -1.71. The number of phosphoric ester groups is 1. The molecule has 29 heavy (non-hydrogen) atoms. The number of alkyl carbamates (subject to hydrolysis) is 1. The summed E-state index contributed by atoms with van der Waals surface area (Å²) in [7, 11) is -4.91. The molecule has 1 amide bonds. The van der Waals surface area contributed by atoms with Gasteiger partial charge in [0.05, 0.1) is 0 Å². The van der Waals surface area contributed by atoms with Gasteiger partial charge in [0.2, 0.25) is 11.8 Å². The Kier molecular flexibility index (Phi) is 4.13. The first-order valence-corrected chi connectivity index (χ1v) is 9.35. The number of fused-ring (bicyclic) bond motifs is 1. The number of benzene rings is 1. The van der Waals surface area contributed by atoms with Crippen LogP contribution in [-0.4, -0.2) is 67.0 Å². The predicted molar refractivity (Wildman–Crippen MR) is 82.9 cm³/mol. The molecule has 0 aromatic heterocycles. The number of phosphoric acid groups is 1. The molecule has 1 aromatic rings. The molecule has 3 fully saturated rings. The second kappa shape index (κ2) is 5.95. The summed E-state index contributed by atoms with van der Waals surface area (Å²) in [5, 5.41) is 53.1. The van der Waals surface area contributed by atoms with Gasteiger partial charge in [0.25, 0.3) is 5.79 Å². The van der Waals surface area contributed by atoms with Crippen LogP contribution in [-0.2, 0) is 39.0 Å². The molecule has 158 valence electrons. The Labute approximate surface area is 160 Å². The number of carbonyl (C=O) groups excluding carboxylic acids is 1. The third-order valence-electron chi connectivity index (χ3n) is 4.51. The van der Waals surface area contributed by atoms with Gasteiger partial charge < -0.3 is 35.0 Å². The van der Waals surface area contributed by atoms with E-state index in [-0.39, 0.29) is 6.61 Å². The maximum absolute atomic E-state index is 12.2. The van der Waals surface area contributed by atoms with E-state index in [1.54, 1.807) is 35.6 Å². The van der Waals surface area contributed by atoms with Gasteiger partial charge in [0.1, 0.15) is 6.61 Å². The second-order valence-electron chi connectivity index (χ2n) is 6.38. The highest BCUT2D eigenvalue weighted by molar-refractivity contribution is 7.49. The number of amides is 1. The lowest BCUT2D eigenvalue weighted by atomic mass is 9.84. The van der Waals surface area contributed by atoms with E-state index in [1.165, 1.54) is 0 Å². The minimum atomic E-state index is -4.91. The maximum Gasteiger partial charge on any atom is 0.485 e. The average Bonchev–Trinajstić information content (AvgIpc) is 2.98. The van der Waals surface area contributed by atoms with Crippen LogP contribution in [0.4, 0.5) is 4.79 Å². The van der Waals surface area contributed by atoms with E-state index in [0.717, 1.165) is 0 Å². The summed E-state index contributed by atoms with van der Waals surface area (Å²) >= 11 is 0. The van der Waals surface area contributed by atoms with E-state index >= 15 is 0 Å². The Morgan fingerprint density at radius 3 is 2.28 bits per heavy atom. The number of aliphatic carboxylic acids is 1. The molecule has 6 unspecified atom stereocenters. The largest absolute Gasteiger partial charge is 0.485 e. The zero-order valence-electron chi connectivity index (χ0n) is 14.1. The van der Waals surface area contributed by atoms with E-state index < -0.39 is 49.3 Å². The standard InChI is InChI=1S/C14H14NO13P/c16-9(17)8-11(19,15-10(18)24-6-7-4-2-1-3-5-7)12(20)13(21)14(22,25-8)28-29(23,26-12)27-13/h1-5,8,19-22H,6H2,(H,15,18)(H,16,17). The molecule has 14 nitrogen and oxygen atoms in total. The number of nitrogens with one attached hydrogen (secondary N) is 1. The number of carboxylic acid groups (broad SMARTS) is 1. The van der Waals surface area contributed by atoms with E-state index in [9.17, 15) is 39.7 Å². The van der Waals surface area contributed by atoms with Crippen molar-refractivity contribution in [2.24, 2.45) is 0 Å². The van der Waals surface area contributed by atoms with Crippen molar-refractivity contribution >= 4 is 19.9 Å². The van der Waals surface area contributed by atoms with Crippen LogP contribution in [0.25, 0.3) is 0 Å². The molecule has 6 N–H and O–H groups in total. The summed E-state index contributed by atoms with van der Waals surface area (Å²) in [6, 6.07) is 8.19. The van der Waals surface area contributed by atoms with Gasteiger partial charge in [-0.2, -0.15) is 0 Å². The van der Waals surface area contributed by atoms with Crippen LogP contribution in [0.3, 0.4) is 0 Å². The first-order valence-electron chi connectivity index (χ1n) is 7.89. The van der Waals surface area contributed by atoms with Crippen LogP contribution in [0.1, 0.15) is 5.56 Å². The van der Waals surface area contributed by atoms with Crippen molar-refractivity contribution in [3.63, 3.8) is 0 Å². The molecule has 0 radical (unpaired) electrons. The molecule has 3 saturated heterocycles. The average molecular weight is 435 g/mol. The third-order valence-corrected chi connectivity index (χ3v) is 5.96. The minimum absolute atomic E-state index is 0.326. The first-order chi connectivity index (χ1) is 13.4. The summed E-state index contributed by atoms with van der Waals surface area (Å²) < 4.78 is 35.0. The van der Waals surface area contributed by atoms with Crippen molar-refractivity contribution in [3.8, 4) is 0 Å². The SMILES string of the molecule is O=C(NC1(O)C(C(=O)O)OC2(O)OP3(=O)OC2(O)C1(O)O3)OCc1ccccc1. The van der Waals surface area contributed by atoms with E-state index in [0.29, 0.717) is 5.56 Å². The fraction of sp³-hybridized carbons (Fsp3) is 0.429. The highest BCUT2D eigenvalue weighted by atomic mass is 31.2. The van der Waals surface area contributed by atoms with E-state index in [1.807, 2.05) is 0 Å². The Morgan fingerprint density at radius 1 is 1.07 bits per heavy atom. The van der Waals surface area contributed by atoms with Crippen LogP contribution in [0.2, 0.25) is 0 Å². The quantitative estimate of drug-likeness (QED) is 0.230. The molecule has 2 bridgehead atoms. The van der Waals surface area contributed by atoms with E-state index in [2.05, 4.69) is 18.3 Å². The molecule has 0 saturated carbocycles. The fourth-order valence-electron chi connectivity index (χ4n) is 3.13. The molecule has 6 atom stereocenters. The van der Waals surface area contributed by atoms with Crippen molar-refractivity contribution < 1.29 is 62.7 Å². The Morgan fingerprint density at radius 2 is 1.69 bits per heavy atom. The summed E-state index contributed by atoms with van der Waals surface area (Å²) in [6.07, 6.45) is -4.18. The molecular formula is C14H14NO13P. The molecule has 0 spiro atoms. The molecular weight excluding hydrogens is 421 g/mol. The van der Waals surface area contributed by atoms with Crippen LogP contribution in [0, 0.1) is 0 Å². The third kappa shape index (κ3) is 2.56. The van der Waals surface area contributed by atoms with Crippen LogP contribution in [0.5, 0.6) is 0 Å². The fourth-order valence-corrected chi connectivity index (χ4v) is 4.87. The number of hydrogen-bond donors (Lipinski definition) is 6. The zero-order chi connectivity index (χ0) is 21.3. The van der Waals surface area contributed by atoms with E-state index in [4.69, 9.17) is 4.74 Å². The van der Waals surface area contributed by atoms with Crippen molar-refractivity contribution in [2.75, 3.05) is 0 Å². The minimum Gasteiger partial charge on any atom is -0.479 e. The van der Waals surface area contributed by atoms with Crippen LogP contribution >= 0.6 is 7.82 Å². The first kappa shape index (κ1) is 20.2. The van der Waals surface area contributed by atoms with Crippen molar-refractivity contribution in [2.45, 2.75) is 36.0 Å². The van der Waals surface area contributed by atoms with Gasteiger partial charge in [-0.1, -0.05) is 30.3 Å². The smallest absolute Gasteiger partial charge is 0.479 e. The van der Waals surface area contributed by atoms with Gasteiger partial charge in [0, 0.05) is 0 Å². The van der Waals surface area contributed by atoms with Gasteiger partial charge in [-0.05, 0) is 5.56 Å². The second-order valence-corrected chi connectivity index (χ2v) is 7.82. The van der Waals surface area contributed by atoms with Gasteiger partial charge in [-0.15, -0.1) is 0 Å². The summed E-state index contributed by atoms with van der Waals surface area (Å²) in [5.74, 6) is -12.8. The van der Waals surface area contributed by atoms with Crippen molar-refractivity contribution in [3.05, 3.63) is 35.9 Å². The molecule has 3 aliphatic rings. The van der Waals surface area contributed by atoms with Gasteiger partial charge in [0.15, 0.2) is 0 Å². The molecule has 15 heteroatoms. The number of carboxylic acids is 1. The normalized spacial score (nSPS) is 45.0. The molecule has 1 aromatic carbocycles. The number of rotatable bonds is 4. The number of aliphatic hydroxyl groups is 4. The number of hydrogen-bond acceptors (Lipinski definition) is 12. The topological polar surface area (TPSA) is 211 Å².